The van der Waals surface area contributed by atoms with E-state index in [2.05, 4.69) is 27.5 Å². The predicted molar refractivity (Wildman–Crippen MR) is 97.5 cm³/mol. The molecule has 0 amide bonds. The fourth-order valence-corrected chi connectivity index (χ4v) is 3.45. The van der Waals surface area contributed by atoms with Crippen LogP contribution in [0.1, 0.15) is 31.8 Å². The van der Waals surface area contributed by atoms with E-state index in [1.165, 1.54) is 12.3 Å². The zero-order valence-corrected chi connectivity index (χ0v) is 14.5. The van der Waals surface area contributed by atoms with Crippen LogP contribution in [-0.4, -0.2) is 33.0 Å². The Labute approximate surface area is 150 Å². The number of rotatable bonds is 4. The lowest BCUT2D eigenvalue weighted by Crippen LogP contribution is -2.41. The van der Waals surface area contributed by atoms with E-state index in [-0.39, 0.29) is 5.56 Å². The third-order valence-corrected chi connectivity index (χ3v) is 4.77. The number of piperidine rings is 1. The summed E-state index contributed by atoms with van der Waals surface area (Å²) in [6, 6.07) is 9.59. The molecule has 0 bridgehead atoms. The van der Waals surface area contributed by atoms with Crippen LogP contribution in [0.25, 0.3) is 17.0 Å². The van der Waals surface area contributed by atoms with Crippen molar-refractivity contribution in [1.82, 2.24) is 19.7 Å². The van der Waals surface area contributed by atoms with E-state index in [1.54, 1.807) is 16.7 Å². The average molecular weight is 357 g/mol. The van der Waals surface area contributed by atoms with Gasteiger partial charge in [-0.05, 0) is 50.6 Å². The van der Waals surface area contributed by atoms with Crippen LogP contribution in [0.3, 0.4) is 0 Å². The Bertz CT molecular complexity index is 908. The third-order valence-electron chi connectivity index (χ3n) is 4.77. The number of fused-ring (bicyclic) bond motifs is 1. The second-order valence-corrected chi connectivity index (χ2v) is 6.76. The molecular formula is C19H21F2N5. The van der Waals surface area contributed by atoms with Crippen LogP contribution in [0.5, 0.6) is 0 Å². The highest BCUT2D eigenvalue weighted by Crippen LogP contribution is 2.25. The summed E-state index contributed by atoms with van der Waals surface area (Å²) < 4.78 is 27.7. The molecule has 0 spiro atoms. The van der Waals surface area contributed by atoms with E-state index in [9.17, 15) is 8.78 Å². The molecule has 4 rings (SSSR count). The van der Waals surface area contributed by atoms with Gasteiger partial charge in [0.25, 0.3) is 6.43 Å². The number of nitrogens with zero attached hydrogens (tertiary/aromatic N) is 3. The Morgan fingerprint density at radius 3 is 2.96 bits per heavy atom. The number of aromatic nitrogens is 3. The normalized spacial score (nSPS) is 20.6. The SMILES string of the molecule is CC1CC(Nc2cccc(-c3cnc4ccc(C(F)F)cn34)n2)CCN1. The van der Waals surface area contributed by atoms with Gasteiger partial charge in [-0.2, -0.15) is 0 Å². The summed E-state index contributed by atoms with van der Waals surface area (Å²) in [4.78, 5) is 8.98. The fraction of sp³-hybridized carbons (Fsp3) is 0.368. The van der Waals surface area contributed by atoms with Crippen LogP contribution in [0.2, 0.25) is 0 Å². The summed E-state index contributed by atoms with van der Waals surface area (Å²) in [6.45, 7) is 3.17. The molecule has 26 heavy (non-hydrogen) atoms. The van der Waals surface area contributed by atoms with Crippen molar-refractivity contribution in [2.45, 2.75) is 38.3 Å². The molecule has 1 aliphatic rings. The molecule has 136 valence electrons. The minimum atomic E-state index is -2.52. The van der Waals surface area contributed by atoms with E-state index in [4.69, 9.17) is 0 Å². The van der Waals surface area contributed by atoms with Gasteiger partial charge in [0.15, 0.2) is 0 Å². The summed E-state index contributed by atoms with van der Waals surface area (Å²) in [7, 11) is 0. The molecule has 0 aliphatic carbocycles. The Morgan fingerprint density at radius 1 is 1.27 bits per heavy atom. The number of anilines is 1. The lowest BCUT2D eigenvalue weighted by atomic mass is 10.0. The van der Waals surface area contributed by atoms with Crippen molar-refractivity contribution in [1.29, 1.82) is 0 Å². The molecule has 1 fully saturated rings. The van der Waals surface area contributed by atoms with Crippen LogP contribution in [0.4, 0.5) is 14.6 Å². The van der Waals surface area contributed by atoms with Gasteiger partial charge >= 0.3 is 0 Å². The van der Waals surface area contributed by atoms with E-state index >= 15 is 0 Å². The van der Waals surface area contributed by atoms with Crippen LogP contribution < -0.4 is 10.6 Å². The second kappa shape index (κ2) is 6.99. The molecule has 1 aliphatic heterocycles. The fourth-order valence-electron chi connectivity index (χ4n) is 3.45. The molecule has 7 heteroatoms. The lowest BCUT2D eigenvalue weighted by molar-refractivity contribution is 0.151. The monoisotopic (exact) mass is 357 g/mol. The van der Waals surface area contributed by atoms with Crippen molar-refractivity contribution in [3.8, 4) is 11.4 Å². The molecule has 0 saturated carbocycles. The Morgan fingerprint density at radius 2 is 2.15 bits per heavy atom. The first-order chi connectivity index (χ1) is 12.6. The van der Waals surface area contributed by atoms with Crippen molar-refractivity contribution in [3.63, 3.8) is 0 Å². The number of alkyl halides is 2. The summed E-state index contributed by atoms with van der Waals surface area (Å²) >= 11 is 0. The molecule has 5 nitrogen and oxygen atoms in total. The van der Waals surface area contributed by atoms with Crippen LogP contribution in [-0.2, 0) is 0 Å². The minimum Gasteiger partial charge on any atom is -0.367 e. The molecular weight excluding hydrogens is 336 g/mol. The molecule has 2 atom stereocenters. The van der Waals surface area contributed by atoms with Crippen molar-refractivity contribution in [2.75, 3.05) is 11.9 Å². The Hall–Kier alpha value is -2.54. The molecule has 1 saturated heterocycles. The number of imidazole rings is 1. The van der Waals surface area contributed by atoms with Gasteiger partial charge < -0.3 is 10.6 Å². The van der Waals surface area contributed by atoms with E-state index in [1.807, 2.05) is 18.2 Å². The maximum atomic E-state index is 13.0. The number of nitrogens with one attached hydrogen (secondary N) is 2. The van der Waals surface area contributed by atoms with E-state index in [0.717, 1.165) is 25.2 Å². The van der Waals surface area contributed by atoms with Crippen molar-refractivity contribution < 1.29 is 8.78 Å². The minimum absolute atomic E-state index is 0.0327. The van der Waals surface area contributed by atoms with Gasteiger partial charge in [-0.3, -0.25) is 4.40 Å². The topological polar surface area (TPSA) is 54.2 Å². The van der Waals surface area contributed by atoms with Gasteiger partial charge in [0.1, 0.15) is 11.5 Å². The molecule has 0 radical (unpaired) electrons. The quantitative estimate of drug-likeness (QED) is 0.744. The highest BCUT2D eigenvalue weighted by Gasteiger charge is 2.19. The second-order valence-electron chi connectivity index (χ2n) is 6.76. The first-order valence-electron chi connectivity index (χ1n) is 8.82. The number of halogens is 2. The highest BCUT2D eigenvalue weighted by molar-refractivity contribution is 5.62. The average Bonchev–Trinajstić information content (AvgIpc) is 3.05. The van der Waals surface area contributed by atoms with Crippen LogP contribution >= 0.6 is 0 Å². The standard InChI is InChI=1S/C19H21F2N5/c1-12-9-14(7-8-22-12)24-17-4-2-3-15(25-17)16-10-23-18-6-5-13(19(20)21)11-26(16)18/h2-6,10-12,14,19,22H,7-9H2,1H3,(H,24,25). The van der Waals surface area contributed by atoms with E-state index < -0.39 is 6.43 Å². The van der Waals surface area contributed by atoms with Gasteiger partial charge in [-0.25, -0.2) is 18.7 Å². The zero-order valence-electron chi connectivity index (χ0n) is 14.5. The van der Waals surface area contributed by atoms with Crippen LogP contribution in [0.15, 0.2) is 42.7 Å². The first kappa shape index (κ1) is 16.9. The number of hydrogen-bond acceptors (Lipinski definition) is 4. The molecule has 3 aromatic rings. The van der Waals surface area contributed by atoms with Crippen molar-refractivity contribution in [2.24, 2.45) is 0 Å². The van der Waals surface area contributed by atoms with E-state index in [0.29, 0.717) is 29.1 Å². The maximum Gasteiger partial charge on any atom is 0.265 e. The van der Waals surface area contributed by atoms with Crippen molar-refractivity contribution >= 4 is 11.5 Å². The molecule has 3 aromatic heterocycles. The first-order valence-corrected chi connectivity index (χ1v) is 8.82. The lowest BCUT2D eigenvalue weighted by Gasteiger charge is -2.29. The third kappa shape index (κ3) is 3.39. The molecule has 4 heterocycles. The molecule has 0 aromatic carbocycles. The number of hydrogen-bond donors (Lipinski definition) is 2. The summed E-state index contributed by atoms with van der Waals surface area (Å²) in [5, 5.41) is 6.92. The predicted octanol–water partition coefficient (Wildman–Crippen LogP) is 3.89. The molecule has 2 unspecified atom stereocenters. The van der Waals surface area contributed by atoms with Gasteiger partial charge in [-0.1, -0.05) is 6.07 Å². The Balaban J connectivity index is 1.64. The van der Waals surface area contributed by atoms with Gasteiger partial charge in [-0.15, -0.1) is 0 Å². The summed E-state index contributed by atoms with van der Waals surface area (Å²) in [5.74, 6) is 0.793. The smallest absolute Gasteiger partial charge is 0.265 e. The van der Waals surface area contributed by atoms with Gasteiger partial charge in [0, 0.05) is 23.8 Å². The molecule has 2 N–H and O–H groups in total. The maximum absolute atomic E-state index is 13.0. The zero-order chi connectivity index (χ0) is 18.1. The number of pyridine rings is 2. The van der Waals surface area contributed by atoms with Crippen LogP contribution in [0, 0.1) is 0 Å². The van der Waals surface area contributed by atoms with Gasteiger partial charge in [0.05, 0.1) is 17.6 Å². The van der Waals surface area contributed by atoms with Gasteiger partial charge in [0.2, 0.25) is 0 Å². The highest BCUT2D eigenvalue weighted by atomic mass is 19.3. The largest absolute Gasteiger partial charge is 0.367 e. The summed E-state index contributed by atoms with van der Waals surface area (Å²) in [6.07, 6.45) is 2.67. The summed E-state index contributed by atoms with van der Waals surface area (Å²) in [5.41, 5.74) is 1.99. The Kier molecular flexibility index (Phi) is 4.55. The van der Waals surface area contributed by atoms with Crippen molar-refractivity contribution in [3.05, 3.63) is 48.3 Å².